The monoisotopic (exact) mass is 438 g/mol. The number of fused-ring (bicyclic) bond motifs is 5. The van der Waals surface area contributed by atoms with E-state index >= 15 is 0 Å². The van der Waals surface area contributed by atoms with Crippen molar-refractivity contribution in [2.24, 2.45) is 16.8 Å². The molecular formula is C29H30N2O2. The fraction of sp³-hybridized carbons (Fsp3) is 0.345. The van der Waals surface area contributed by atoms with Crippen molar-refractivity contribution in [3.8, 4) is 0 Å². The van der Waals surface area contributed by atoms with E-state index in [1.807, 2.05) is 24.3 Å². The third kappa shape index (κ3) is 3.58. The van der Waals surface area contributed by atoms with Gasteiger partial charge in [0.2, 0.25) is 0 Å². The molecule has 1 heterocycles. The zero-order valence-electron chi connectivity index (χ0n) is 18.9. The van der Waals surface area contributed by atoms with Gasteiger partial charge in [-0.15, -0.1) is 0 Å². The van der Waals surface area contributed by atoms with Crippen LogP contribution in [0.5, 0.6) is 0 Å². The molecule has 1 aromatic rings. The highest BCUT2D eigenvalue weighted by Crippen LogP contribution is 2.45. The Morgan fingerprint density at radius 1 is 0.939 bits per heavy atom. The quantitative estimate of drug-likeness (QED) is 0.698. The van der Waals surface area contributed by atoms with Gasteiger partial charge in [0.25, 0.3) is 0 Å². The SMILES string of the molecule is COC1CC(c2cc3c(c4c2C=CCC4)C=CC2C=CC=CC32)N=C(C2C=CC=CC2O)N1. The Bertz CT molecular complexity index is 1170. The van der Waals surface area contributed by atoms with E-state index in [9.17, 15) is 5.11 Å². The summed E-state index contributed by atoms with van der Waals surface area (Å²) in [6.45, 7) is 0. The number of aliphatic hydroxyl groups excluding tert-OH is 1. The number of aliphatic hydroxyl groups is 1. The number of benzene rings is 1. The van der Waals surface area contributed by atoms with Crippen LogP contribution in [0.3, 0.4) is 0 Å². The second kappa shape index (κ2) is 8.44. The van der Waals surface area contributed by atoms with E-state index in [-0.39, 0.29) is 18.2 Å². The topological polar surface area (TPSA) is 53.9 Å². The summed E-state index contributed by atoms with van der Waals surface area (Å²) in [4.78, 5) is 5.18. The number of allylic oxidation sites excluding steroid dienone is 8. The third-order valence-corrected chi connectivity index (χ3v) is 7.56. The maximum Gasteiger partial charge on any atom is 0.130 e. The Kier molecular flexibility index (Phi) is 5.28. The van der Waals surface area contributed by atoms with Crippen LogP contribution in [0.2, 0.25) is 0 Å². The smallest absolute Gasteiger partial charge is 0.130 e. The van der Waals surface area contributed by atoms with Crippen molar-refractivity contribution >= 4 is 18.0 Å². The van der Waals surface area contributed by atoms with Crippen LogP contribution in [0, 0.1) is 11.8 Å². The van der Waals surface area contributed by atoms with Gasteiger partial charge in [-0.05, 0) is 40.7 Å². The molecule has 0 amide bonds. The summed E-state index contributed by atoms with van der Waals surface area (Å²) in [7, 11) is 1.74. The molecule has 0 saturated carbocycles. The zero-order valence-corrected chi connectivity index (χ0v) is 18.9. The lowest BCUT2D eigenvalue weighted by Crippen LogP contribution is -2.47. The molecule has 6 atom stereocenters. The molecule has 4 aliphatic carbocycles. The first-order valence-electron chi connectivity index (χ1n) is 12.0. The van der Waals surface area contributed by atoms with Gasteiger partial charge in [0.1, 0.15) is 12.1 Å². The van der Waals surface area contributed by atoms with E-state index in [1.54, 1.807) is 7.11 Å². The third-order valence-electron chi connectivity index (χ3n) is 7.56. The summed E-state index contributed by atoms with van der Waals surface area (Å²) < 4.78 is 5.78. The number of nitrogens with zero attached hydrogens (tertiary/aromatic N) is 1. The fourth-order valence-electron chi connectivity index (χ4n) is 5.85. The molecule has 1 aromatic carbocycles. The Labute approximate surface area is 195 Å². The Hall–Kier alpha value is -2.95. The van der Waals surface area contributed by atoms with E-state index in [4.69, 9.17) is 9.73 Å². The number of hydrogen-bond donors (Lipinski definition) is 2. The van der Waals surface area contributed by atoms with Crippen molar-refractivity contribution in [2.75, 3.05) is 7.11 Å². The van der Waals surface area contributed by atoms with Gasteiger partial charge in [0, 0.05) is 25.4 Å². The number of amidine groups is 1. The first-order chi connectivity index (χ1) is 16.2. The van der Waals surface area contributed by atoms with Crippen molar-refractivity contribution in [1.82, 2.24) is 5.32 Å². The molecule has 2 N–H and O–H groups in total. The molecule has 0 spiro atoms. The largest absolute Gasteiger partial charge is 0.388 e. The Balaban J connectivity index is 1.48. The summed E-state index contributed by atoms with van der Waals surface area (Å²) >= 11 is 0. The van der Waals surface area contributed by atoms with Crippen molar-refractivity contribution in [2.45, 2.75) is 43.6 Å². The van der Waals surface area contributed by atoms with Gasteiger partial charge in [0.15, 0.2) is 0 Å². The number of aliphatic imine (C=N–C) groups is 1. The van der Waals surface area contributed by atoms with Gasteiger partial charge in [-0.2, -0.15) is 0 Å². The second-order valence-corrected chi connectivity index (χ2v) is 9.45. The van der Waals surface area contributed by atoms with E-state index in [2.05, 4.69) is 60.0 Å². The maximum atomic E-state index is 10.6. The highest BCUT2D eigenvalue weighted by molar-refractivity contribution is 5.88. The number of rotatable bonds is 3. The second-order valence-electron chi connectivity index (χ2n) is 9.45. The van der Waals surface area contributed by atoms with Crippen LogP contribution in [0.15, 0.2) is 71.8 Å². The minimum Gasteiger partial charge on any atom is -0.388 e. The van der Waals surface area contributed by atoms with Gasteiger partial charge >= 0.3 is 0 Å². The predicted octanol–water partition coefficient (Wildman–Crippen LogP) is 5.01. The molecule has 0 radical (unpaired) electrons. The minimum atomic E-state index is -0.583. The fourth-order valence-corrected chi connectivity index (χ4v) is 5.85. The summed E-state index contributed by atoms with van der Waals surface area (Å²) in [6.07, 6.45) is 28.1. The lowest BCUT2D eigenvalue weighted by molar-refractivity contribution is 0.0695. The van der Waals surface area contributed by atoms with Crippen molar-refractivity contribution in [1.29, 1.82) is 0 Å². The van der Waals surface area contributed by atoms with Crippen LogP contribution in [0.25, 0.3) is 12.2 Å². The lowest BCUT2D eigenvalue weighted by atomic mass is 9.72. The first kappa shape index (κ1) is 20.6. The van der Waals surface area contributed by atoms with E-state index < -0.39 is 6.10 Å². The molecule has 0 aromatic heterocycles. The van der Waals surface area contributed by atoms with Gasteiger partial charge in [0.05, 0.1) is 18.1 Å². The molecule has 4 heteroatoms. The van der Waals surface area contributed by atoms with Crippen LogP contribution < -0.4 is 5.32 Å². The molecule has 1 aliphatic heterocycles. The van der Waals surface area contributed by atoms with Gasteiger partial charge in [-0.25, -0.2) is 0 Å². The lowest BCUT2D eigenvalue weighted by Gasteiger charge is -2.36. The van der Waals surface area contributed by atoms with E-state index in [0.29, 0.717) is 11.8 Å². The average Bonchev–Trinajstić information content (AvgIpc) is 2.88. The number of nitrogens with one attached hydrogen (secondary N) is 1. The normalized spacial score (nSPS) is 33.2. The van der Waals surface area contributed by atoms with Gasteiger partial charge < -0.3 is 15.2 Å². The molecule has 33 heavy (non-hydrogen) atoms. The average molecular weight is 439 g/mol. The van der Waals surface area contributed by atoms with E-state index in [1.165, 1.54) is 27.8 Å². The van der Waals surface area contributed by atoms with Crippen LogP contribution in [0.4, 0.5) is 0 Å². The van der Waals surface area contributed by atoms with Crippen LogP contribution >= 0.6 is 0 Å². The molecule has 0 saturated heterocycles. The Morgan fingerprint density at radius 3 is 2.58 bits per heavy atom. The Morgan fingerprint density at radius 2 is 1.73 bits per heavy atom. The van der Waals surface area contributed by atoms with Gasteiger partial charge in [-0.3, -0.25) is 4.99 Å². The summed E-state index contributed by atoms with van der Waals surface area (Å²) in [5.74, 6) is 1.41. The number of methoxy groups -OCH3 is 1. The van der Waals surface area contributed by atoms with Crippen LogP contribution in [-0.4, -0.2) is 30.4 Å². The summed E-state index contributed by atoms with van der Waals surface area (Å²) in [5.41, 5.74) is 6.87. The molecule has 6 rings (SSSR count). The van der Waals surface area contributed by atoms with Crippen LogP contribution in [-0.2, 0) is 11.2 Å². The number of hydrogen-bond acceptors (Lipinski definition) is 4. The zero-order chi connectivity index (χ0) is 22.4. The molecule has 5 aliphatic rings. The molecule has 168 valence electrons. The van der Waals surface area contributed by atoms with Crippen molar-refractivity contribution in [3.05, 3.63) is 94.6 Å². The minimum absolute atomic E-state index is 0.0213. The maximum absolute atomic E-state index is 10.6. The standard InChI is InChI=1S/C29H30N2O2/c1-33-28-17-26(30-29(31-28)23-12-6-7-13-27(23)32)25-16-24-19-9-3-2-8-18(19)14-15-22(24)20-10-4-5-11-21(20)25/h2-3,5-9,11-16,18-19,23,26-28,32H,4,10,17H2,1H3,(H,30,31). The molecule has 0 bridgehead atoms. The molecule has 6 unspecified atom stereocenters. The molecular weight excluding hydrogens is 408 g/mol. The summed E-state index contributed by atoms with van der Waals surface area (Å²) in [6, 6.07) is 2.39. The number of ether oxygens (including phenoxy) is 1. The first-order valence-corrected chi connectivity index (χ1v) is 12.0. The highest BCUT2D eigenvalue weighted by atomic mass is 16.5. The highest BCUT2D eigenvalue weighted by Gasteiger charge is 2.34. The van der Waals surface area contributed by atoms with Gasteiger partial charge in [-0.1, -0.05) is 79.0 Å². The summed E-state index contributed by atoms with van der Waals surface area (Å²) in [5, 5.41) is 14.0. The van der Waals surface area contributed by atoms with Crippen LogP contribution in [0.1, 0.15) is 52.6 Å². The molecule has 0 fully saturated rings. The molecule has 4 nitrogen and oxygen atoms in total. The van der Waals surface area contributed by atoms with Crippen molar-refractivity contribution in [3.63, 3.8) is 0 Å². The predicted molar refractivity (Wildman–Crippen MR) is 134 cm³/mol. The van der Waals surface area contributed by atoms with E-state index in [0.717, 1.165) is 25.1 Å². The van der Waals surface area contributed by atoms with Crippen molar-refractivity contribution < 1.29 is 9.84 Å².